The lowest BCUT2D eigenvalue weighted by molar-refractivity contribution is -0.123. The normalized spacial score (nSPS) is 21.5. The third-order valence-corrected chi connectivity index (χ3v) is 4.17. The highest BCUT2D eigenvalue weighted by molar-refractivity contribution is 5.78. The number of nitriles is 1. The van der Waals surface area contributed by atoms with Crippen LogP contribution in [0.2, 0.25) is 0 Å². The lowest BCUT2D eigenvalue weighted by atomic mass is 9.77. The van der Waals surface area contributed by atoms with Gasteiger partial charge in [-0.3, -0.25) is 9.69 Å². The van der Waals surface area contributed by atoms with Crippen molar-refractivity contribution in [3.05, 3.63) is 35.9 Å². The van der Waals surface area contributed by atoms with Gasteiger partial charge in [-0.25, -0.2) is 0 Å². The Labute approximate surface area is 126 Å². The fourth-order valence-electron chi connectivity index (χ4n) is 2.96. The van der Waals surface area contributed by atoms with E-state index in [2.05, 4.69) is 25.2 Å². The molecule has 1 amide bonds. The average molecular weight is 285 g/mol. The van der Waals surface area contributed by atoms with Crippen LogP contribution in [-0.4, -0.2) is 29.9 Å². The number of carbonyl (C=O) groups is 1. The van der Waals surface area contributed by atoms with Gasteiger partial charge in [0, 0.05) is 6.54 Å². The molecule has 1 atom stereocenters. The van der Waals surface area contributed by atoms with Gasteiger partial charge in [0.15, 0.2) is 0 Å². The highest BCUT2D eigenvalue weighted by Gasteiger charge is 2.38. The minimum Gasteiger partial charge on any atom is -0.351 e. The van der Waals surface area contributed by atoms with Crippen LogP contribution in [0, 0.1) is 16.7 Å². The molecule has 0 unspecified atom stereocenters. The molecule has 4 heteroatoms. The molecule has 2 rings (SSSR count). The van der Waals surface area contributed by atoms with E-state index in [0.29, 0.717) is 13.1 Å². The summed E-state index contributed by atoms with van der Waals surface area (Å²) in [5.41, 5.74) is 1.04. The summed E-state index contributed by atoms with van der Waals surface area (Å²) in [5.74, 6) is -0.0168. The van der Waals surface area contributed by atoms with E-state index in [0.717, 1.165) is 24.9 Å². The van der Waals surface area contributed by atoms with Crippen LogP contribution in [0.5, 0.6) is 0 Å². The van der Waals surface area contributed by atoms with Crippen LogP contribution in [-0.2, 0) is 11.3 Å². The van der Waals surface area contributed by atoms with E-state index in [-0.39, 0.29) is 17.4 Å². The standard InChI is InChI=1S/C17H23N3O/c1-17(2)9-6-10-20(15(17)11-18)13-16(21)19-12-14-7-4-3-5-8-14/h3-5,7-8,15H,6,9-10,12-13H2,1-2H3,(H,19,21)/t15-/m0/s1. The molecule has 1 aliphatic rings. The average Bonchev–Trinajstić information content (AvgIpc) is 2.46. The van der Waals surface area contributed by atoms with Gasteiger partial charge < -0.3 is 5.32 Å². The van der Waals surface area contributed by atoms with Gasteiger partial charge in [-0.2, -0.15) is 5.26 Å². The van der Waals surface area contributed by atoms with Crippen molar-refractivity contribution in [3.63, 3.8) is 0 Å². The summed E-state index contributed by atoms with van der Waals surface area (Å²) in [5, 5.41) is 12.3. The van der Waals surface area contributed by atoms with Crippen LogP contribution in [0.15, 0.2) is 30.3 Å². The second-order valence-corrected chi connectivity index (χ2v) is 6.36. The van der Waals surface area contributed by atoms with Gasteiger partial charge >= 0.3 is 0 Å². The Hall–Kier alpha value is -1.86. The van der Waals surface area contributed by atoms with E-state index < -0.39 is 0 Å². The lowest BCUT2D eigenvalue weighted by Gasteiger charge is -2.42. The van der Waals surface area contributed by atoms with Crippen molar-refractivity contribution in [1.82, 2.24) is 10.2 Å². The molecule has 0 bridgehead atoms. The Morgan fingerprint density at radius 1 is 1.43 bits per heavy atom. The molecule has 0 aromatic heterocycles. The summed E-state index contributed by atoms with van der Waals surface area (Å²) >= 11 is 0. The number of benzene rings is 1. The highest BCUT2D eigenvalue weighted by atomic mass is 16.2. The first-order chi connectivity index (χ1) is 10.0. The number of nitrogens with one attached hydrogen (secondary N) is 1. The molecular weight excluding hydrogens is 262 g/mol. The zero-order valence-corrected chi connectivity index (χ0v) is 12.8. The number of piperidine rings is 1. The van der Waals surface area contributed by atoms with E-state index in [1.54, 1.807) is 0 Å². The molecule has 4 nitrogen and oxygen atoms in total. The Balaban J connectivity index is 1.88. The largest absolute Gasteiger partial charge is 0.351 e. The van der Waals surface area contributed by atoms with E-state index in [4.69, 9.17) is 0 Å². The number of nitrogens with zero attached hydrogens (tertiary/aromatic N) is 2. The lowest BCUT2D eigenvalue weighted by Crippen LogP contribution is -2.52. The molecule has 1 aromatic rings. The van der Waals surface area contributed by atoms with Crippen molar-refractivity contribution in [2.45, 2.75) is 39.3 Å². The Kier molecular flexibility index (Phi) is 4.98. The number of hydrogen-bond acceptors (Lipinski definition) is 3. The van der Waals surface area contributed by atoms with Gasteiger partial charge in [-0.1, -0.05) is 44.2 Å². The molecule has 1 fully saturated rings. The Bertz CT molecular complexity index is 519. The number of likely N-dealkylation sites (tertiary alicyclic amines) is 1. The SMILES string of the molecule is CC1(C)CCCN(CC(=O)NCc2ccccc2)[C@H]1C#N. The van der Waals surface area contributed by atoms with Gasteiger partial charge in [0.2, 0.25) is 5.91 Å². The smallest absolute Gasteiger partial charge is 0.234 e. The molecule has 0 saturated carbocycles. The zero-order chi connectivity index (χ0) is 15.3. The summed E-state index contributed by atoms with van der Waals surface area (Å²) in [6.07, 6.45) is 2.07. The molecular formula is C17H23N3O. The first-order valence-electron chi connectivity index (χ1n) is 7.47. The number of amides is 1. The summed E-state index contributed by atoms with van der Waals surface area (Å²) in [7, 11) is 0. The quantitative estimate of drug-likeness (QED) is 0.923. The molecule has 112 valence electrons. The number of hydrogen-bond donors (Lipinski definition) is 1. The fourth-order valence-corrected chi connectivity index (χ4v) is 2.96. The van der Waals surface area contributed by atoms with E-state index in [9.17, 15) is 10.1 Å². The van der Waals surface area contributed by atoms with Crippen LogP contribution in [0.1, 0.15) is 32.3 Å². The topological polar surface area (TPSA) is 56.1 Å². The summed E-state index contributed by atoms with van der Waals surface area (Å²) in [4.78, 5) is 14.1. The van der Waals surface area contributed by atoms with Gasteiger partial charge in [0.25, 0.3) is 0 Å². The van der Waals surface area contributed by atoms with E-state index >= 15 is 0 Å². The molecule has 0 radical (unpaired) electrons. The Morgan fingerprint density at radius 2 is 2.14 bits per heavy atom. The van der Waals surface area contributed by atoms with Crippen LogP contribution in [0.3, 0.4) is 0 Å². The van der Waals surface area contributed by atoms with Gasteiger partial charge in [0.05, 0.1) is 12.6 Å². The molecule has 1 aromatic carbocycles. The van der Waals surface area contributed by atoms with Gasteiger partial charge in [-0.15, -0.1) is 0 Å². The van der Waals surface area contributed by atoms with Crippen molar-refractivity contribution in [2.24, 2.45) is 5.41 Å². The van der Waals surface area contributed by atoms with Crippen molar-refractivity contribution in [3.8, 4) is 6.07 Å². The molecule has 1 saturated heterocycles. The van der Waals surface area contributed by atoms with E-state index in [1.165, 1.54) is 0 Å². The number of carbonyl (C=O) groups excluding carboxylic acids is 1. The van der Waals surface area contributed by atoms with E-state index in [1.807, 2.05) is 35.2 Å². The van der Waals surface area contributed by atoms with Crippen molar-refractivity contribution >= 4 is 5.91 Å². The first kappa shape index (κ1) is 15.5. The highest BCUT2D eigenvalue weighted by Crippen LogP contribution is 2.34. The molecule has 1 N–H and O–H groups in total. The maximum Gasteiger partial charge on any atom is 0.234 e. The third kappa shape index (κ3) is 4.05. The fraction of sp³-hybridized carbons (Fsp3) is 0.529. The predicted molar refractivity (Wildman–Crippen MR) is 82.3 cm³/mol. The first-order valence-corrected chi connectivity index (χ1v) is 7.47. The minimum absolute atomic E-state index is 0.0168. The van der Waals surface area contributed by atoms with Crippen molar-refractivity contribution < 1.29 is 4.79 Å². The second-order valence-electron chi connectivity index (χ2n) is 6.36. The molecule has 0 spiro atoms. The zero-order valence-electron chi connectivity index (χ0n) is 12.8. The molecule has 21 heavy (non-hydrogen) atoms. The van der Waals surface area contributed by atoms with Gasteiger partial charge in [-0.05, 0) is 30.4 Å². The second kappa shape index (κ2) is 6.73. The summed E-state index contributed by atoms with van der Waals surface area (Å²) < 4.78 is 0. The summed E-state index contributed by atoms with van der Waals surface area (Å²) in [6, 6.07) is 12.0. The predicted octanol–water partition coefficient (Wildman–Crippen LogP) is 2.32. The Morgan fingerprint density at radius 3 is 2.81 bits per heavy atom. The van der Waals surface area contributed by atoms with Crippen LogP contribution < -0.4 is 5.32 Å². The molecule has 0 aliphatic carbocycles. The minimum atomic E-state index is -0.186. The number of rotatable bonds is 4. The maximum absolute atomic E-state index is 12.1. The van der Waals surface area contributed by atoms with Crippen LogP contribution in [0.25, 0.3) is 0 Å². The van der Waals surface area contributed by atoms with Crippen molar-refractivity contribution in [1.29, 1.82) is 5.26 Å². The van der Waals surface area contributed by atoms with Gasteiger partial charge in [0.1, 0.15) is 6.04 Å². The maximum atomic E-state index is 12.1. The monoisotopic (exact) mass is 285 g/mol. The third-order valence-electron chi connectivity index (χ3n) is 4.17. The molecule has 1 aliphatic heterocycles. The summed E-state index contributed by atoms with van der Waals surface area (Å²) in [6.45, 7) is 5.87. The van der Waals surface area contributed by atoms with Crippen LogP contribution in [0.4, 0.5) is 0 Å². The van der Waals surface area contributed by atoms with Crippen molar-refractivity contribution in [2.75, 3.05) is 13.1 Å². The van der Waals surface area contributed by atoms with Crippen LogP contribution >= 0.6 is 0 Å². The molecule has 1 heterocycles.